The zero-order valence-electron chi connectivity index (χ0n) is 13.7. The molecule has 1 N–H and O–H groups in total. The standard InChI is InChI=1S/C17H26N2O3/c1-4-21-15-7-6-13(12-16(15)22-5-2)17(20)19(3)14-8-10-18-11-9-14/h6-7,12,14,18H,4-5,8-11H2,1-3H3. The highest BCUT2D eigenvalue weighted by Crippen LogP contribution is 2.29. The van der Waals surface area contributed by atoms with E-state index in [2.05, 4.69) is 5.32 Å². The number of hydrogen-bond acceptors (Lipinski definition) is 4. The summed E-state index contributed by atoms with van der Waals surface area (Å²) in [5.74, 6) is 1.36. The molecule has 1 aliphatic rings. The number of ether oxygens (including phenoxy) is 2. The van der Waals surface area contributed by atoms with Crippen molar-refractivity contribution in [2.45, 2.75) is 32.7 Å². The van der Waals surface area contributed by atoms with Gasteiger partial charge in [-0.2, -0.15) is 0 Å². The average molecular weight is 306 g/mol. The molecule has 1 amide bonds. The maximum atomic E-state index is 12.7. The summed E-state index contributed by atoms with van der Waals surface area (Å²) < 4.78 is 11.1. The monoisotopic (exact) mass is 306 g/mol. The Morgan fingerprint density at radius 3 is 2.45 bits per heavy atom. The minimum atomic E-state index is 0.0379. The van der Waals surface area contributed by atoms with E-state index in [1.807, 2.05) is 37.9 Å². The summed E-state index contributed by atoms with van der Waals surface area (Å²) in [4.78, 5) is 14.5. The molecule has 5 heteroatoms. The smallest absolute Gasteiger partial charge is 0.253 e. The number of amides is 1. The highest BCUT2D eigenvalue weighted by Gasteiger charge is 2.23. The Bertz CT molecular complexity index is 499. The van der Waals surface area contributed by atoms with Crippen molar-refractivity contribution >= 4 is 5.91 Å². The van der Waals surface area contributed by atoms with Crippen LogP contribution in [0.25, 0.3) is 0 Å². The van der Waals surface area contributed by atoms with Gasteiger partial charge in [0, 0.05) is 18.7 Å². The van der Waals surface area contributed by atoms with Gasteiger partial charge >= 0.3 is 0 Å². The van der Waals surface area contributed by atoms with Crippen molar-refractivity contribution in [2.75, 3.05) is 33.4 Å². The number of carbonyl (C=O) groups excluding carboxylic acids is 1. The van der Waals surface area contributed by atoms with Gasteiger partial charge in [0.15, 0.2) is 11.5 Å². The second-order valence-electron chi connectivity index (χ2n) is 5.42. The van der Waals surface area contributed by atoms with Crippen LogP contribution in [-0.4, -0.2) is 50.2 Å². The topological polar surface area (TPSA) is 50.8 Å². The average Bonchev–Trinajstić information content (AvgIpc) is 2.56. The number of carbonyl (C=O) groups is 1. The van der Waals surface area contributed by atoms with Crippen LogP contribution in [0, 0.1) is 0 Å². The normalized spacial score (nSPS) is 15.4. The van der Waals surface area contributed by atoms with Crippen molar-refractivity contribution < 1.29 is 14.3 Å². The predicted octanol–water partition coefficient (Wildman–Crippen LogP) is 2.31. The zero-order valence-corrected chi connectivity index (χ0v) is 13.7. The Labute approximate surface area is 132 Å². The van der Waals surface area contributed by atoms with E-state index in [-0.39, 0.29) is 5.91 Å². The zero-order chi connectivity index (χ0) is 15.9. The van der Waals surface area contributed by atoms with Gasteiger partial charge < -0.3 is 19.7 Å². The molecule has 0 saturated carbocycles. The Morgan fingerprint density at radius 2 is 1.82 bits per heavy atom. The van der Waals surface area contributed by atoms with E-state index in [1.54, 1.807) is 6.07 Å². The van der Waals surface area contributed by atoms with E-state index in [0.717, 1.165) is 25.9 Å². The lowest BCUT2D eigenvalue weighted by Gasteiger charge is -2.31. The molecular weight excluding hydrogens is 280 g/mol. The van der Waals surface area contributed by atoms with Crippen LogP contribution >= 0.6 is 0 Å². The largest absolute Gasteiger partial charge is 0.490 e. The number of benzene rings is 1. The number of hydrogen-bond donors (Lipinski definition) is 1. The molecule has 1 aliphatic heterocycles. The number of rotatable bonds is 6. The summed E-state index contributed by atoms with van der Waals surface area (Å²) in [6, 6.07) is 5.72. The van der Waals surface area contributed by atoms with E-state index >= 15 is 0 Å². The van der Waals surface area contributed by atoms with Crippen LogP contribution in [-0.2, 0) is 0 Å². The van der Waals surface area contributed by atoms with Crippen molar-refractivity contribution in [1.82, 2.24) is 10.2 Å². The molecule has 0 aliphatic carbocycles. The SMILES string of the molecule is CCOc1ccc(C(=O)N(C)C2CCNCC2)cc1OCC. The molecule has 1 saturated heterocycles. The van der Waals surface area contributed by atoms with E-state index < -0.39 is 0 Å². The number of nitrogens with one attached hydrogen (secondary N) is 1. The Morgan fingerprint density at radius 1 is 1.18 bits per heavy atom. The summed E-state index contributed by atoms with van der Waals surface area (Å²) in [5, 5.41) is 3.32. The number of piperidine rings is 1. The Balaban J connectivity index is 2.15. The fraction of sp³-hybridized carbons (Fsp3) is 0.588. The quantitative estimate of drug-likeness (QED) is 0.876. The molecule has 1 aromatic carbocycles. The van der Waals surface area contributed by atoms with Crippen LogP contribution < -0.4 is 14.8 Å². The lowest BCUT2D eigenvalue weighted by atomic mass is 10.0. The first kappa shape index (κ1) is 16.6. The van der Waals surface area contributed by atoms with E-state index in [1.165, 1.54) is 0 Å². The Kier molecular flexibility index (Phi) is 6.07. The predicted molar refractivity (Wildman–Crippen MR) is 86.8 cm³/mol. The van der Waals surface area contributed by atoms with Gasteiger partial charge in [-0.05, 0) is 58.0 Å². The molecule has 0 radical (unpaired) electrons. The first-order valence-electron chi connectivity index (χ1n) is 8.04. The molecule has 0 spiro atoms. The molecular formula is C17H26N2O3. The minimum absolute atomic E-state index is 0.0379. The van der Waals surface area contributed by atoms with Gasteiger partial charge in [-0.25, -0.2) is 0 Å². The van der Waals surface area contributed by atoms with Crippen molar-refractivity contribution in [1.29, 1.82) is 0 Å². The molecule has 0 aromatic heterocycles. The lowest BCUT2D eigenvalue weighted by molar-refractivity contribution is 0.0702. The van der Waals surface area contributed by atoms with Crippen LogP contribution in [0.2, 0.25) is 0 Å². The lowest BCUT2D eigenvalue weighted by Crippen LogP contribution is -2.43. The van der Waals surface area contributed by atoms with Gasteiger partial charge in [-0.3, -0.25) is 4.79 Å². The fourth-order valence-corrected chi connectivity index (χ4v) is 2.75. The van der Waals surface area contributed by atoms with Gasteiger partial charge in [0.2, 0.25) is 0 Å². The van der Waals surface area contributed by atoms with Crippen molar-refractivity contribution in [3.63, 3.8) is 0 Å². The van der Waals surface area contributed by atoms with Crippen LogP contribution in [0.5, 0.6) is 11.5 Å². The van der Waals surface area contributed by atoms with Crippen LogP contribution in [0.4, 0.5) is 0 Å². The Hall–Kier alpha value is -1.75. The summed E-state index contributed by atoms with van der Waals surface area (Å²) >= 11 is 0. The van der Waals surface area contributed by atoms with Crippen LogP contribution in [0.1, 0.15) is 37.0 Å². The van der Waals surface area contributed by atoms with Crippen LogP contribution in [0.15, 0.2) is 18.2 Å². The van der Waals surface area contributed by atoms with E-state index in [4.69, 9.17) is 9.47 Å². The highest BCUT2D eigenvalue weighted by atomic mass is 16.5. The van der Waals surface area contributed by atoms with E-state index in [0.29, 0.717) is 36.3 Å². The first-order chi connectivity index (χ1) is 10.7. The fourth-order valence-electron chi connectivity index (χ4n) is 2.75. The highest BCUT2D eigenvalue weighted by molar-refractivity contribution is 5.95. The second-order valence-corrected chi connectivity index (χ2v) is 5.42. The summed E-state index contributed by atoms with van der Waals surface area (Å²) in [5.41, 5.74) is 0.646. The molecule has 1 fully saturated rings. The molecule has 0 unspecified atom stereocenters. The third-order valence-corrected chi connectivity index (χ3v) is 3.97. The number of nitrogens with zero attached hydrogens (tertiary/aromatic N) is 1. The van der Waals surface area contributed by atoms with Crippen LogP contribution in [0.3, 0.4) is 0 Å². The molecule has 5 nitrogen and oxygen atoms in total. The molecule has 0 atom stereocenters. The summed E-state index contributed by atoms with van der Waals surface area (Å²) in [6.07, 6.45) is 2.00. The summed E-state index contributed by atoms with van der Waals surface area (Å²) in [6.45, 7) is 6.90. The third kappa shape index (κ3) is 3.91. The first-order valence-corrected chi connectivity index (χ1v) is 8.04. The summed E-state index contributed by atoms with van der Waals surface area (Å²) in [7, 11) is 1.88. The second kappa shape index (κ2) is 8.03. The van der Waals surface area contributed by atoms with E-state index in [9.17, 15) is 4.79 Å². The maximum absolute atomic E-state index is 12.7. The third-order valence-electron chi connectivity index (χ3n) is 3.97. The minimum Gasteiger partial charge on any atom is -0.490 e. The molecule has 2 rings (SSSR count). The van der Waals surface area contributed by atoms with Crippen molar-refractivity contribution in [3.05, 3.63) is 23.8 Å². The van der Waals surface area contributed by atoms with Gasteiger partial charge in [0.25, 0.3) is 5.91 Å². The van der Waals surface area contributed by atoms with Gasteiger partial charge in [-0.1, -0.05) is 0 Å². The molecule has 22 heavy (non-hydrogen) atoms. The van der Waals surface area contributed by atoms with Gasteiger partial charge in [-0.15, -0.1) is 0 Å². The molecule has 1 aromatic rings. The van der Waals surface area contributed by atoms with Crippen molar-refractivity contribution in [2.24, 2.45) is 0 Å². The van der Waals surface area contributed by atoms with Gasteiger partial charge in [0.1, 0.15) is 0 Å². The molecule has 0 bridgehead atoms. The van der Waals surface area contributed by atoms with Crippen molar-refractivity contribution in [3.8, 4) is 11.5 Å². The maximum Gasteiger partial charge on any atom is 0.253 e. The molecule has 1 heterocycles. The molecule has 122 valence electrons. The van der Waals surface area contributed by atoms with Gasteiger partial charge in [0.05, 0.1) is 13.2 Å².